The molecule has 124 valence electrons. The van der Waals surface area contributed by atoms with Crippen LogP contribution in [0.4, 0.5) is 11.5 Å². The molecule has 3 aromatic rings. The molecule has 1 heterocycles. The maximum absolute atomic E-state index is 12.0. The second-order valence-corrected chi connectivity index (χ2v) is 6.08. The summed E-state index contributed by atoms with van der Waals surface area (Å²) in [6, 6.07) is 19.4. The van der Waals surface area contributed by atoms with Crippen molar-refractivity contribution < 1.29 is 4.79 Å². The number of carbonyl (C=O) groups is 1. The van der Waals surface area contributed by atoms with Crippen LogP contribution in [0.3, 0.4) is 0 Å². The van der Waals surface area contributed by atoms with Crippen LogP contribution in [0.1, 0.15) is 23.2 Å². The Bertz CT molecular complexity index is 874. The lowest BCUT2D eigenvalue weighted by Gasteiger charge is -2.08. The van der Waals surface area contributed by atoms with Gasteiger partial charge in [0.2, 0.25) is 0 Å². The minimum absolute atomic E-state index is 0.0116. The highest BCUT2D eigenvalue weighted by molar-refractivity contribution is 5.95. The van der Waals surface area contributed by atoms with E-state index in [4.69, 9.17) is 0 Å². The highest BCUT2D eigenvalue weighted by Gasteiger charge is 2.23. The largest absolute Gasteiger partial charge is 0.349 e. The zero-order chi connectivity index (χ0) is 17.1. The van der Waals surface area contributed by atoms with Gasteiger partial charge >= 0.3 is 0 Å². The van der Waals surface area contributed by atoms with Gasteiger partial charge in [0.05, 0.1) is 0 Å². The van der Waals surface area contributed by atoms with Gasteiger partial charge in [-0.3, -0.25) is 4.79 Å². The van der Waals surface area contributed by atoms with Gasteiger partial charge in [-0.15, -0.1) is 0 Å². The summed E-state index contributed by atoms with van der Waals surface area (Å²) in [5.41, 5.74) is 2.52. The van der Waals surface area contributed by atoms with E-state index >= 15 is 0 Å². The number of amides is 1. The Morgan fingerprint density at radius 3 is 2.44 bits per heavy atom. The Kier molecular flexibility index (Phi) is 4.12. The summed E-state index contributed by atoms with van der Waals surface area (Å²) in [4.78, 5) is 20.9. The molecule has 0 spiro atoms. The fourth-order valence-electron chi connectivity index (χ4n) is 2.50. The van der Waals surface area contributed by atoms with Crippen molar-refractivity contribution in [3.8, 4) is 11.4 Å². The van der Waals surface area contributed by atoms with E-state index in [0.717, 1.165) is 24.1 Å². The summed E-state index contributed by atoms with van der Waals surface area (Å²) in [5.74, 6) is 1.37. The molecule has 0 bridgehead atoms. The first-order chi connectivity index (χ1) is 12.3. The number of rotatable bonds is 5. The van der Waals surface area contributed by atoms with E-state index in [2.05, 4.69) is 20.6 Å². The summed E-state index contributed by atoms with van der Waals surface area (Å²) in [6.45, 7) is 0. The smallest absolute Gasteiger partial charge is 0.251 e. The molecule has 2 N–H and O–H groups in total. The van der Waals surface area contributed by atoms with Crippen LogP contribution in [-0.2, 0) is 0 Å². The van der Waals surface area contributed by atoms with E-state index in [-0.39, 0.29) is 5.91 Å². The molecule has 5 heteroatoms. The number of carbonyl (C=O) groups excluding carboxylic acids is 1. The van der Waals surface area contributed by atoms with Gasteiger partial charge in [-0.25, -0.2) is 9.97 Å². The third kappa shape index (κ3) is 3.83. The monoisotopic (exact) mass is 330 g/mol. The molecular weight excluding hydrogens is 312 g/mol. The van der Waals surface area contributed by atoms with E-state index in [1.807, 2.05) is 60.7 Å². The van der Waals surface area contributed by atoms with Crippen molar-refractivity contribution in [2.24, 2.45) is 0 Å². The van der Waals surface area contributed by atoms with Gasteiger partial charge in [0.1, 0.15) is 5.82 Å². The maximum Gasteiger partial charge on any atom is 0.251 e. The number of anilines is 2. The first-order valence-corrected chi connectivity index (χ1v) is 8.34. The molecule has 1 aliphatic rings. The topological polar surface area (TPSA) is 66.9 Å². The molecule has 0 unspecified atom stereocenters. The third-order valence-corrected chi connectivity index (χ3v) is 4.02. The highest BCUT2D eigenvalue weighted by Crippen LogP contribution is 2.21. The van der Waals surface area contributed by atoms with E-state index in [0.29, 0.717) is 23.2 Å². The molecule has 0 atom stereocenters. The number of hydrogen-bond donors (Lipinski definition) is 2. The van der Waals surface area contributed by atoms with Crippen LogP contribution < -0.4 is 10.6 Å². The molecule has 25 heavy (non-hydrogen) atoms. The van der Waals surface area contributed by atoms with Gasteiger partial charge in [0.15, 0.2) is 5.82 Å². The Hall–Kier alpha value is -3.21. The molecule has 1 saturated carbocycles. The predicted molar refractivity (Wildman–Crippen MR) is 97.7 cm³/mol. The predicted octanol–water partition coefficient (Wildman–Crippen LogP) is 3.78. The SMILES string of the molecule is O=C(NC1CC1)c1ccc(Nc2ccnc(-c3ccccc3)n2)cc1. The Morgan fingerprint density at radius 2 is 1.72 bits per heavy atom. The van der Waals surface area contributed by atoms with Crippen molar-refractivity contribution in [3.05, 3.63) is 72.4 Å². The first kappa shape index (κ1) is 15.3. The maximum atomic E-state index is 12.0. The number of hydrogen-bond acceptors (Lipinski definition) is 4. The second kappa shape index (κ2) is 6.73. The van der Waals surface area contributed by atoms with Gasteiger partial charge in [0.25, 0.3) is 5.91 Å². The van der Waals surface area contributed by atoms with E-state index in [1.165, 1.54) is 0 Å². The average molecular weight is 330 g/mol. The Balaban J connectivity index is 1.47. The summed E-state index contributed by atoms with van der Waals surface area (Å²) in [7, 11) is 0. The van der Waals surface area contributed by atoms with E-state index in [1.54, 1.807) is 6.20 Å². The van der Waals surface area contributed by atoms with Crippen LogP contribution in [0.2, 0.25) is 0 Å². The van der Waals surface area contributed by atoms with Gasteiger partial charge in [-0.1, -0.05) is 30.3 Å². The highest BCUT2D eigenvalue weighted by atomic mass is 16.1. The lowest BCUT2D eigenvalue weighted by atomic mass is 10.2. The Labute approximate surface area is 146 Å². The zero-order valence-electron chi connectivity index (χ0n) is 13.6. The summed E-state index contributed by atoms with van der Waals surface area (Å²) in [5, 5.41) is 6.24. The van der Waals surface area contributed by atoms with Gasteiger partial charge in [0, 0.05) is 29.1 Å². The van der Waals surface area contributed by atoms with Gasteiger partial charge < -0.3 is 10.6 Å². The molecule has 1 aliphatic carbocycles. The van der Waals surface area contributed by atoms with Crippen LogP contribution in [-0.4, -0.2) is 21.9 Å². The van der Waals surface area contributed by atoms with Crippen molar-refractivity contribution in [1.82, 2.24) is 15.3 Å². The molecule has 0 aliphatic heterocycles. The molecule has 4 rings (SSSR count). The quantitative estimate of drug-likeness (QED) is 0.747. The molecule has 1 aromatic heterocycles. The fourth-order valence-corrected chi connectivity index (χ4v) is 2.50. The average Bonchev–Trinajstić information content (AvgIpc) is 3.47. The van der Waals surface area contributed by atoms with Crippen molar-refractivity contribution >= 4 is 17.4 Å². The molecule has 1 fully saturated rings. The number of nitrogens with one attached hydrogen (secondary N) is 2. The van der Waals surface area contributed by atoms with Crippen LogP contribution in [0, 0.1) is 0 Å². The molecule has 1 amide bonds. The summed E-state index contributed by atoms with van der Waals surface area (Å²) >= 11 is 0. The lowest BCUT2D eigenvalue weighted by Crippen LogP contribution is -2.25. The second-order valence-electron chi connectivity index (χ2n) is 6.08. The lowest BCUT2D eigenvalue weighted by molar-refractivity contribution is 0.0951. The van der Waals surface area contributed by atoms with E-state index < -0.39 is 0 Å². The molecule has 2 aromatic carbocycles. The Morgan fingerprint density at radius 1 is 0.960 bits per heavy atom. The zero-order valence-corrected chi connectivity index (χ0v) is 13.6. The minimum Gasteiger partial charge on any atom is -0.349 e. The van der Waals surface area contributed by atoms with Gasteiger partial charge in [-0.05, 0) is 43.2 Å². The van der Waals surface area contributed by atoms with Crippen molar-refractivity contribution in [2.45, 2.75) is 18.9 Å². The van der Waals surface area contributed by atoms with Crippen molar-refractivity contribution in [1.29, 1.82) is 0 Å². The molecule has 0 saturated heterocycles. The van der Waals surface area contributed by atoms with Crippen LogP contribution in [0.5, 0.6) is 0 Å². The van der Waals surface area contributed by atoms with Gasteiger partial charge in [-0.2, -0.15) is 0 Å². The molecule has 0 radical (unpaired) electrons. The van der Waals surface area contributed by atoms with Crippen LogP contribution in [0.15, 0.2) is 66.9 Å². The third-order valence-electron chi connectivity index (χ3n) is 4.02. The fraction of sp³-hybridized carbons (Fsp3) is 0.150. The molecule has 5 nitrogen and oxygen atoms in total. The number of benzene rings is 2. The normalized spacial score (nSPS) is 13.3. The van der Waals surface area contributed by atoms with Crippen LogP contribution in [0.25, 0.3) is 11.4 Å². The van der Waals surface area contributed by atoms with Crippen molar-refractivity contribution in [3.63, 3.8) is 0 Å². The first-order valence-electron chi connectivity index (χ1n) is 8.34. The number of nitrogens with zero attached hydrogens (tertiary/aromatic N) is 2. The summed E-state index contributed by atoms with van der Waals surface area (Å²) in [6.07, 6.45) is 3.90. The minimum atomic E-state index is -0.0116. The standard InChI is InChI=1S/C20H18N4O/c25-20(23-17-10-11-17)15-6-8-16(9-7-15)22-18-12-13-21-19(24-18)14-4-2-1-3-5-14/h1-9,12-13,17H,10-11H2,(H,23,25)(H,21,22,24). The van der Waals surface area contributed by atoms with Crippen LogP contribution >= 0.6 is 0 Å². The number of aromatic nitrogens is 2. The molecular formula is C20H18N4O. The van der Waals surface area contributed by atoms with E-state index in [9.17, 15) is 4.79 Å². The van der Waals surface area contributed by atoms with Crippen molar-refractivity contribution in [2.75, 3.05) is 5.32 Å². The summed E-state index contributed by atoms with van der Waals surface area (Å²) < 4.78 is 0.